The van der Waals surface area contributed by atoms with Crippen molar-refractivity contribution in [2.75, 3.05) is 6.54 Å². The van der Waals surface area contributed by atoms with Crippen molar-refractivity contribution in [2.45, 2.75) is 31.7 Å². The molecule has 1 amide bonds. The van der Waals surface area contributed by atoms with Gasteiger partial charge in [0, 0.05) is 18.3 Å². The van der Waals surface area contributed by atoms with Crippen molar-refractivity contribution in [1.82, 2.24) is 10.3 Å². The monoisotopic (exact) mass is 405 g/mol. The predicted molar refractivity (Wildman–Crippen MR) is 103 cm³/mol. The average molecular weight is 406 g/mol. The molecule has 25 heavy (non-hydrogen) atoms. The minimum absolute atomic E-state index is 0. The van der Waals surface area contributed by atoms with Gasteiger partial charge in [-0.3, -0.25) is 4.79 Å². The summed E-state index contributed by atoms with van der Waals surface area (Å²) in [6.45, 7) is 2.39. The Balaban J connectivity index is 0.00000156. The Morgan fingerprint density at radius 3 is 2.68 bits per heavy atom. The van der Waals surface area contributed by atoms with Crippen LogP contribution in [0.3, 0.4) is 0 Å². The molecule has 2 aromatic rings. The van der Waals surface area contributed by atoms with Gasteiger partial charge in [0.1, 0.15) is 11.5 Å². The Labute approximate surface area is 163 Å². The molecule has 1 atom stereocenters. The van der Waals surface area contributed by atoms with Crippen LogP contribution in [0.25, 0.3) is 0 Å². The van der Waals surface area contributed by atoms with Gasteiger partial charge in [-0.1, -0.05) is 18.2 Å². The Kier molecular flexibility index (Phi) is 7.81. The molecule has 1 aromatic heterocycles. The summed E-state index contributed by atoms with van der Waals surface area (Å²) < 4.78 is 13.7. The van der Waals surface area contributed by atoms with E-state index in [9.17, 15) is 9.18 Å². The van der Waals surface area contributed by atoms with E-state index in [4.69, 9.17) is 5.73 Å². The van der Waals surface area contributed by atoms with Crippen LogP contribution in [0.2, 0.25) is 0 Å². The number of amides is 1. The van der Waals surface area contributed by atoms with E-state index in [1.165, 1.54) is 17.4 Å². The number of nitrogens with two attached hydrogens (primary N) is 1. The number of nitrogens with one attached hydrogen (secondary N) is 1. The first-order valence-corrected chi connectivity index (χ1v) is 8.60. The fourth-order valence-corrected chi connectivity index (χ4v) is 3.46. The highest BCUT2D eigenvalue weighted by molar-refractivity contribution is 7.09. The van der Waals surface area contributed by atoms with Gasteiger partial charge in [-0.2, -0.15) is 0 Å². The van der Waals surface area contributed by atoms with Crippen LogP contribution in [-0.2, 0) is 6.42 Å². The Morgan fingerprint density at radius 1 is 1.40 bits per heavy atom. The van der Waals surface area contributed by atoms with Crippen molar-refractivity contribution in [3.8, 4) is 0 Å². The third kappa shape index (κ3) is 5.14. The molecule has 3 rings (SSSR count). The summed E-state index contributed by atoms with van der Waals surface area (Å²) in [4.78, 5) is 16.7. The number of hydrogen-bond donors (Lipinski definition) is 2. The minimum Gasteiger partial charge on any atom is -0.344 e. The van der Waals surface area contributed by atoms with Crippen molar-refractivity contribution < 1.29 is 9.18 Å². The minimum atomic E-state index is -0.369. The molecule has 1 fully saturated rings. The van der Waals surface area contributed by atoms with Gasteiger partial charge >= 0.3 is 0 Å². The highest BCUT2D eigenvalue weighted by Crippen LogP contribution is 2.39. The van der Waals surface area contributed by atoms with Crippen LogP contribution in [0.1, 0.15) is 40.8 Å². The molecule has 4 nitrogen and oxygen atoms in total. The number of carbonyl (C=O) groups is 1. The zero-order chi connectivity index (χ0) is 16.4. The lowest BCUT2D eigenvalue weighted by Gasteiger charge is -2.29. The van der Waals surface area contributed by atoms with E-state index < -0.39 is 0 Å². The second-order valence-corrected chi connectivity index (χ2v) is 7.19. The van der Waals surface area contributed by atoms with E-state index >= 15 is 0 Å². The first-order valence-electron chi connectivity index (χ1n) is 7.72. The summed E-state index contributed by atoms with van der Waals surface area (Å²) in [6.07, 6.45) is 2.59. The van der Waals surface area contributed by atoms with Gasteiger partial charge in [-0.25, -0.2) is 9.37 Å². The van der Waals surface area contributed by atoms with Gasteiger partial charge in [0.25, 0.3) is 5.91 Å². The molecule has 1 unspecified atom stereocenters. The second-order valence-electron chi connectivity index (χ2n) is 6.24. The quantitative estimate of drug-likeness (QED) is 0.771. The maximum absolute atomic E-state index is 13.7. The lowest BCUT2D eigenvalue weighted by molar-refractivity contribution is 0.0893. The SMILES string of the molecule is CC(CN)(NC(=O)c1csc(Cc2ccccc2F)n1)C1CC1.Cl.Cl. The summed E-state index contributed by atoms with van der Waals surface area (Å²) >= 11 is 1.37. The Bertz CT molecular complexity index is 723. The number of carbonyl (C=O) groups excluding carboxylic acids is 1. The molecule has 138 valence electrons. The number of halogens is 3. The summed E-state index contributed by atoms with van der Waals surface area (Å²) in [7, 11) is 0. The largest absolute Gasteiger partial charge is 0.344 e. The molecule has 1 aliphatic carbocycles. The Hall–Kier alpha value is -1.21. The fourth-order valence-electron chi connectivity index (χ4n) is 2.66. The average Bonchev–Trinajstić information content (AvgIpc) is 3.30. The molecule has 0 radical (unpaired) electrons. The third-order valence-corrected chi connectivity index (χ3v) is 5.23. The van der Waals surface area contributed by atoms with E-state index in [2.05, 4.69) is 10.3 Å². The van der Waals surface area contributed by atoms with Gasteiger partial charge in [0.2, 0.25) is 0 Å². The summed E-state index contributed by atoms with van der Waals surface area (Å²) in [5, 5.41) is 5.46. The number of rotatable bonds is 6. The number of nitrogens with zero attached hydrogens (tertiary/aromatic N) is 1. The van der Waals surface area contributed by atoms with Crippen molar-refractivity contribution in [3.63, 3.8) is 0 Å². The highest BCUT2D eigenvalue weighted by Gasteiger charge is 2.41. The van der Waals surface area contributed by atoms with Crippen molar-refractivity contribution in [3.05, 3.63) is 51.7 Å². The maximum Gasteiger partial charge on any atom is 0.271 e. The van der Waals surface area contributed by atoms with Crippen LogP contribution in [0.5, 0.6) is 0 Å². The van der Waals surface area contributed by atoms with Crippen LogP contribution >= 0.6 is 36.2 Å². The van der Waals surface area contributed by atoms with E-state index in [1.807, 2.05) is 6.92 Å². The van der Waals surface area contributed by atoms with Crippen LogP contribution in [-0.4, -0.2) is 23.0 Å². The summed E-state index contributed by atoms with van der Waals surface area (Å²) in [6, 6.07) is 6.61. The molecule has 0 bridgehead atoms. The standard InChI is InChI=1S/C17H20FN3OS.2ClH/c1-17(10-19,12-6-7-12)21-16(22)14-9-23-15(20-14)8-11-4-2-3-5-13(11)18;;/h2-5,9,12H,6-8,10,19H2,1H3,(H,21,22);2*1H. The molecule has 1 saturated carbocycles. The molecule has 1 aromatic carbocycles. The zero-order valence-electron chi connectivity index (χ0n) is 13.8. The smallest absolute Gasteiger partial charge is 0.271 e. The van der Waals surface area contributed by atoms with Gasteiger partial charge in [-0.15, -0.1) is 36.2 Å². The molecule has 3 N–H and O–H groups in total. The highest BCUT2D eigenvalue weighted by atomic mass is 35.5. The molecule has 8 heteroatoms. The topological polar surface area (TPSA) is 68.0 Å². The second kappa shape index (κ2) is 8.94. The lowest BCUT2D eigenvalue weighted by Crippen LogP contribution is -2.53. The van der Waals surface area contributed by atoms with Crippen LogP contribution < -0.4 is 11.1 Å². The van der Waals surface area contributed by atoms with Gasteiger partial charge in [0.05, 0.1) is 10.5 Å². The number of aromatic nitrogens is 1. The molecule has 1 heterocycles. The molecule has 0 spiro atoms. The summed E-state index contributed by atoms with van der Waals surface area (Å²) in [5.41, 5.74) is 6.41. The summed E-state index contributed by atoms with van der Waals surface area (Å²) in [5.74, 6) is -0.00741. The van der Waals surface area contributed by atoms with Crippen LogP contribution in [0.4, 0.5) is 4.39 Å². The van der Waals surface area contributed by atoms with Gasteiger partial charge < -0.3 is 11.1 Å². The zero-order valence-corrected chi connectivity index (χ0v) is 16.3. The molecular formula is C17H22Cl2FN3OS. The first kappa shape index (κ1) is 21.8. The molecule has 0 saturated heterocycles. The lowest BCUT2D eigenvalue weighted by atomic mass is 9.96. The number of thiazole rings is 1. The molecular weight excluding hydrogens is 384 g/mol. The first-order chi connectivity index (χ1) is 11.0. The number of hydrogen-bond acceptors (Lipinski definition) is 4. The fraction of sp³-hybridized carbons (Fsp3) is 0.412. The normalized spacial score (nSPS) is 15.5. The van der Waals surface area contributed by atoms with Crippen molar-refractivity contribution in [1.29, 1.82) is 0 Å². The van der Waals surface area contributed by atoms with E-state index in [1.54, 1.807) is 23.6 Å². The van der Waals surface area contributed by atoms with E-state index in [0.717, 1.165) is 17.8 Å². The molecule has 1 aliphatic rings. The van der Waals surface area contributed by atoms with Crippen molar-refractivity contribution >= 4 is 42.1 Å². The van der Waals surface area contributed by atoms with Crippen LogP contribution in [0, 0.1) is 11.7 Å². The predicted octanol–water partition coefficient (Wildman–Crippen LogP) is 3.57. The van der Waals surface area contributed by atoms with Gasteiger partial charge in [-0.05, 0) is 37.3 Å². The van der Waals surface area contributed by atoms with E-state index in [0.29, 0.717) is 30.1 Å². The number of benzene rings is 1. The van der Waals surface area contributed by atoms with Gasteiger partial charge in [0.15, 0.2) is 0 Å². The molecule has 0 aliphatic heterocycles. The van der Waals surface area contributed by atoms with Crippen LogP contribution in [0.15, 0.2) is 29.6 Å². The Morgan fingerprint density at radius 2 is 2.08 bits per heavy atom. The maximum atomic E-state index is 13.7. The van der Waals surface area contributed by atoms with Crippen molar-refractivity contribution in [2.24, 2.45) is 11.7 Å². The third-order valence-electron chi connectivity index (χ3n) is 4.39. The van der Waals surface area contributed by atoms with E-state index in [-0.39, 0.29) is 42.1 Å².